The first-order chi connectivity index (χ1) is 11.1. The van der Waals surface area contributed by atoms with Crippen molar-refractivity contribution in [2.75, 3.05) is 31.5 Å². The predicted molar refractivity (Wildman–Crippen MR) is 90.4 cm³/mol. The fraction of sp³-hybridized carbons (Fsp3) is 0.588. The van der Waals surface area contributed by atoms with Crippen LogP contribution >= 0.6 is 11.6 Å². The first-order valence-corrected chi connectivity index (χ1v) is 8.69. The highest BCUT2D eigenvalue weighted by molar-refractivity contribution is 6.31. The van der Waals surface area contributed by atoms with Gasteiger partial charge >= 0.3 is 6.03 Å². The van der Waals surface area contributed by atoms with E-state index in [0.717, 1.165) is 39.0 Å². The van der Waals surface area contributed by atoms with Crippen LogP contribution in [0.15, 0.2) is 18.2 Å². The summed E-state index contributed by atoms with van der Waals surface area (Å²) < 4.78 is 13.2. The molecule has 4 rings (SSSR count). The minimum atomic E-state index is -0.479. The number of hydrogen-bond acceptors (Lipinski definition) is 2. The van der Waals surface area contributed by atoms with Gasteiger partial charge in [0.25, 0.3) is 0 Å². The minimum Gasteiger partial charge on any atom is -0.323 e. The van der Waals surface area contributed by atoms with Crippen molar-refractivity contribution in [1.29, 1.82) is 0 Å². The molecular weight excluding hydrogens is 317 g/mol. The van der Waals surface area contributed by atoms with Crippen LogP contribution in [0.5, 0.6) is 0 Å². The van der Waals surface area contributed by atoms with Crippen molar-refractivity contribution in [3.63, 3.8) is 0 Å². The number of urea groups is 1. The number of benzene rings is 1. The predicted octanol–water partition coefficient (Wildman–Crippen LogP) is 3.82. The van der Waals surface area contributed by atoms with Crippen LogP contribution in [0.4, 0.5) is 14.9 Å². The summed E-state index contributed by atoms with van der Waals surface area (Å²) in [6.45, 7) is 5.94. The number of carbonyl (C=O) groups excluding carboxylic acids is 1. The highest BCUT2D eigenvalue weighted by atomic mass is 35.5. The summed E-state index contributed by atoms with van der Waals surface area (Å²) in [5.41, 5.74) is 0.531. The van der Waals surface area contributed by atoms with Crippen molar-refractivity contribution in [1.82, 2.24) is 9.80 Å². The number of halogens is 2. The van der Waals surface area contributed by atoms with Gasteiger partial charge in [0.05, 0.1) is 5.02 Å². The van der Waals surface area contributed by atoms with Gasteiger partial charge in [-0.05, 0) is 49.9 Å². The van der Waals surface area contributed by atoms with Gasteiger partial charge in [0.15, 0.2) is 0 Å². The van der Waals surface area contributed by atoms with Crippen LogP contribution in [-0.2, 0) is 0 Å². The minimum absolute atomic E-state index is 0.0212. The van der Waals surface area contributed by atoms with E-state index in [0.29, 0.717) is 17.6 Å². The molecular formula is C17H23ClFN3O. The number of piperidine rings is 1. The fourth-order valence-electron chi connectivity index (χ4n) is 3.68. The van der Waals surface area contributed by atoms with E-state index >= 15 is 0 Å². The van der Waals surface area contributed by atoms with E-state index in [2.05, 4.69) is 17.1 Å². The molecule has 3 aliphatic rings. The SMILES string of the molecule is CCCN1C[C@H]2CC[C@@H]1CN(C(=O)Nc1ccc(F)c(Cl)c1)C2. The van der Waals surface area contributed by atoms with E-state index in [-0.39, 0.29) is 11.1 Å². The molecule has 2 bridgehead atoms. The van der Waals surface area contributed by atoms with E-state index in [9.17, 15) is 9.18 Å². The Morgan fingerprint density at radius 3 is 2.91 bits per heavy atom. The molecule has 23 heavy (non-hydrogen) atoms. The average molecular weight is 340 g/mol. The molecule has 0 radical (unpaired) electrons. The van der Waals surface area contributed by atoms with Crippen LogP contribution in [-0.4, -0.2) is 48.1 Å². The molecule has 0 aromatic heterocycles. The smallest absolute Gasteiger partial charge is 0.321 e. The van der Waals surface area contributed by atoms with Crippen LogP contribution in [0.3, 0.4) is 0 Å². The average Bonchev–Trinajstić information content (AvgIpc) is 2.83. The Morgan fingerprint density at radius 2 is 2.17 bits per heavy atom. The number of rotatable bonds is 3. The van der Waals surface area contributed by atoms with Gasteiger partial charge < -0.3 is 10.2 Å². The molecule has 126 valence electrons. The molecule has 0 saturated carbocycles. The quantitative estimate of drug-likeness (QED) is 0.908. The van der Waals surface area contributed by atoms with Gasteiger partial charge in [-0.3, -0.25) is 4.90 Å². The van der Waals surface area contributed by atoms with Crippen molar-refractivity contribution >= 4 is 23.3 Å². The molecule has 2 amide bonds. The number of carbonyl (C=O) groups is 1. The second kappa shape index (κ2) is 7.05. The molecule has 4 nitrogen and oxygen atoms in total. The Bertz CT molecular complexity index is 583. The zero-order chi connectivity index (χ0) is 16.4. The summed E-state index contributed by atoms with van der Waals surface area (Å²) in [6, 6.07) is 4.59. The molecule has 2 atom stereocenters. The molecule has 3 saturated heterocycles. The van der Waals surface area contributed by atoms with Gasteiger partial charge in [0.2, 0.25) is 0 Å². The Kier molecular flexibility index (Phi) is 5.07. The zero-order valence-corrected chi connectivity index (χ0v) is 14.2. The molecule has 3 aliphatic heterocycles. The summed E-state index contributed by atoms with van der Waals surface area (Å²) in [5, 5.41) is 2.86. The molecule has 6 heteroatoms. The maximum Gasteiger partial charge on any atom is 0.321 e. The number of amides is 2. The zero-order valence-electron chi connectivity index (χ0n) is 13.4. The van der Waals surface area contributed by atoms with Gasteiger partial charge in [-0.2, -0.15) is 0 Å². The van der Waals surface area contributed by atoms with Crippen molar-refractivity contribution in [3.05, 3.63) is 29.0 Å². The molecule has 0 unspecified atom stereocenters. The molecule has 1 N–H and O–H groups in total. The number of nitrogens with one attached hydrogen (secondary N) is 1. The van der Waals surface area contributed by atoms with Crippen LogP contribution in [0.1, 0.15) is 26.2 Å². The summed E-state index contributed by atoms with van der Waals surface area (Å²) in [7, 11) is 0. The van der Waals surface area contributed by atoms with E-state index in [1.165, 1.54) is 24.6 Å². The lowest BCUT2D eigenvalue weighted by Crippen LogP contribution is -2.45. The Hall–Kier alpha value is -1.33. The maximum absolute atomic E-state index is 13.2. The number of anilines is 1. The Labute approximate surface area is 141 Å². The van der Waals surface area contributed by atoms with Gasteiger partial charge in [-0.1, -0.05) is 18.5 Å². The number of nitrogens with zero attached hydrogens (tertiary/aromatic N) is 2. The maximum atomic E-state index is 13.2. The lowest BCUT2D eigenvalue weighted by atomic mass is 9.95. The van der Waals surface area contributed by atoms with Gasteiger partial charge in [-0.15, -0.1) is 0 Å². The van der Waals surface area contributed by atoms with E-state index in [4.69, 9.17) is 11.6 Å². The lowest BCUT2D eigenvalue weighted by Gasteiger charge is -2.35. The molecule has 1 aromatic carbocycles. The summed E-state index contributed by atoms with van der Waals surface area (Å²) >= 11 is 5.77. The fourth-order valence-corrected chi connectivity index (χ4v) is 3.86. The monoisotopic (exact) mass is 339 g/mol. The highest BCUT2D eigenvalue weighted by Gasteiger charge is 2.35. The first-order valence-electron chi connectivity index (χ1n) is 8.32. The topological polar surface area (TPSA) is 35.6 Å². The van der Waals surface area contributed by atoms with Crippen LogP contribution in [0, 0.1) is 11.7 Å². The number of hydrogen-bond donors (Lipinski definition) is 1. The molecule has 3 fully saturated rings. The standard InChI is InChI=1S/C17H23ClFN3O/c1-2-7-21-9-12-3-5-14(21)11-22(10-12)17(23)20-13-4-6-16(19)15(18)8-13/h4,6,8,12,14H,2-3,5,7,9-11H2,1H3,(H,20,23)/t12-,14-/m1/s1. The second-order valence-corrected chi connectivity index (χ2v) is 6.96. The van der Waals surface area contributed by atoms with E-state index < -0.39 is 5.82 Å². The Morgan fingerprint density at radius 1 is 1.35 bits per heavy atom. The summed E-state index contributed by atoms with van der Waals surface area (Å²) in [4.78, 5) is 17.0. The van der Waals surface area contributed by atoms with Crippen LogP contribution in [0.2, 0.25) is 5.02 Å². The molecule has 0 spiro atoms. The van der Waals surface area contributed by atoms with Gasteiger partial charge in [-0.25, -0.2) is 9.18 Å². The first kappa shape index (κ1) is 16.5. The summed E-state index contributed by atoms with van der Waals surface area (Å²) in [5.74, 6) is 0.0653. The Balaban J connectivity index is 1.67. The van der Waals surface area contributed by atoms with Gasteiger partial charge in [0, 0.05) is 31.4 Å². The third kappa shape index (κ3) is 3.78. The normalized spacial score (nSPS) is 24.6. The van der Waals surface area contributed by atoms with Crippen molar-refractivity contribution in [3.8, 4) is 0 Å². The van der Waals surface area contributed by atoms with E-state index in [1.807, 2.05) is 4.90 Å². The molecule has 0 aliphatic carbocycles. The van der Waals surface area contributed by atoms with E-state index in [1.54, 1.807) is 0 Å². The molecule has 1 aromatic rings. The third-order valence-electron chi connectivity index (χ3n) is 4.80. The van der Waals surface area contributed by atoms with Crippen LogP contribution in [0.25, 0.3) is 0 Å². The number of fused-ring (bicyclic) bond motifs is 4. The second-order valence-electron chi connectivity index (χ2n) is 6.56. The highest BCUT2D eigenvalue weighted by Crippen LogP contribution is 2.28. The van der Waals surface area contributed by atoms with Crippen molar-refractivity contribution in [2.24, 2.45) is 5.92 Å². The lowest BCUT2D eigenvalue weighted by molar-refractivity contribution is 0.132. The third-order valence-corrected chi connectivity index (χ3v) is 5.09. The van der Waals surface area contributed by atoms with Crippen molar-refractivity contribution in [2.45, 2.75) is 32.2 Å². The van der Waals surface area contributed by atoms with Crippen molar-refractivity contribution < 1.29 is 9.18 Å². The summed E-state index contributed by atoms with van der Waals surface area (Å²) in [6.07, 6.45) is 3.50. The molecule has 3 heterocycles. The van der Waals surface area contributed by atoms with Crippen LogP contribution < -0.4 is 5.32 Å². The largest absolute Gasteiger partial charge is 0.323 e. The van der Waals surface area contributed by atoms with Gasteiger partial charge in [0.1, 0.15) is 5.82 Å².